The summed E-state index contributed by atoms with van der Waals surface area (Å²) in [4.78, 5) is 0. The summed E-state index contributed by atoms with van der Waals surface area (Å²) in [5.74, 6) is 0. The van der Waals surface area contributed by atoms with Crippen LogP contribution in [0.4, 0.5) is 0 Å². The molecule has 0 aliphatic rings. The molecule has 0 atom stereocenters. The Hall–Kier alpha value is -0.0400. The fourth-order valence-electron chi connectivity index (χ4n) is 0. The highest BCUT2D eigenvalue weighted by molar-refractivity contribution is 4.56. The number of ether oxygens (including phenoxy) is 1. The van der Waals surface area contributed by atoms with Crippen LogP contribution in [0.2, 0.25) is 0 Å². The van der Waals surface area contributed by atoms with Gasteiger partial charge in [0.1, 0.15) is 0 Å². The van der Waals surface area contributed by atoms with Gasteiger partial charge in [0, 0.05) is 7.11 Å². The Labute approximate surface area is 32.9 Å². The van der Waals surface area contributed by atoms with Gasteiger partial charge in [-0.25, -0.2) is 0 Å². The fourth-order valence-corrected chi connectivity index (χ4v) is 0. The van der Waals surface area contributed by atoms with Crippen LogP contribution in [0.1, 0.15) is 13.8 Å². The van der Waals surface area contributed by atoms with Crippen LogP contribution >= 0.6 is 0 Å². The fraction of sp³-hybridized carbons (Fsp3) is 0.750. The summed E-state index contributed by atoms with van der Waals surface area (Å²) in [5, 5.41) is 0. The molecule has 0 bridgehead atoms. The number of hydrogen-bond donors (Lipinski definition) is 0. The molecule has 0 N–H and O–H groups in total. The van der Waals surface area contributed by atoms with Crippen molar-refractivity contribution in [1.29, 1.82) is 0 Å². The highest BCUT2D eigenvalue weighted by Gasteiger charge is 1.80. The van der Waals surface area contributed by atoms with E-state index in [-0.39, 0.29) is 0 Å². The third-order valence-corrected chi connectivity index (χ3v) is 0.408. The van der Waals surface area contributed by atoms with Crippen LogP contribution < -0.4 is 0 Å². The molecular formula is C4H9O. The Bertz CT molecular complexity index is 17.6. The van der Waals surface area contributed by atoms with E-state index in [4.69, 9.17) is 0 Å². The molecule has 1 radical (unpaired) electrons. The zero-order valence-electron chi connectivity index (χ0n) is 3.91. The molecular weight excluding hydrogens is 64.0 g/mol. The summed E-state index contributed by atoms with van der Waals surface area (Å²) >= 11 is 0. The quantitative estimate of drug-likeness (QED) is 0.453. The maximum Gasteiger partial charge on any atom is 0.0905 e. The molecule has 0 rings (SSSR count). The van der Waals surface area contributed by atoms with Crippen molar-refractivity contribution in [3.63, 3.8) is 0 Å². The minimum Gasteiger partial charge on any atom is -0.376 e. The highest BCUT2D eigenvalue weighted by Crippen LogP contribution is 1.90. The van der Waals surface area contributed by atoms with Crippen molar-refractivity contribution in [2.24, 2.45) is 0 Å². The summed E-state index contributed by atoms with van der Waals surface area (Å²) in [6.45, 7) is 3.83. The van der Waals surface area contributed by atoms with Crippen LogP contribution in [0, 0.1) is 6.10 Å². The monoisotopic (exact) mass is 73.1 g/mol. The third-order valence-electron chi connectivity index (χ3n) is 0.408. The van der Waals surface area contributed by atoms with E-state index in [0.717, 1.165) is 6.10 Å². The van der Waals surface area contributed by atoms with E-state index in [9.17, 15) is 0 Å². The Morgan fingerprint density at radius 2 is 1.60 bits per heavy atom. The molecule has 0 saturated carbocycles. The van der Waals surface area contributed by atoms with Gasteiger partial charge in [0.05, 0.1) is 6.10 Å². The Morgan fingerprint density at radius 3 is 1.60 bits per heavy atom. The van der Waals surface area contributed by atoms with Gasteiger partial charge in [0.25, 0.3) is 0 Å². The molecule has 0 aromatic heterocycles. The topological polar surface area (TPSA) is 9.23 Å². The van der Waals surface area contributed by atoms with Gasteiger partial charge in [-0.2, -0.15) is 0 Å². The van der Waals surface area contributed by atoms with Crippen LogP contribution in [0.25, 0.3) is 0 Å². The minimum absolute atomic E-state index is 1.00. The molecule has 1 nitrogen and oxygen atoms in total. The van der Waals surface area contributed by atoms with Gasteiger partial charge < -0.3 is 4.74 Å². The van der Waals surface area contributed by atoms with Gasteiger partial charge in [0.2, 0.25) is 0 Å². The molecule has 0 saturated heterocycles. The second-order valence-electron chi connectivity index (χ2n) is 1.11. The first kappa shape index (κ1) is 4.96. The van der Waals surface area contributed by atoms with E-state index in [1.54, 1.807) is 7.11 Å². The molecule has 0 fully saturated rings. The van der Waals surface area contributed by atoms with Crippen LogP contribution in [0.3, 0.4) is 0 Å². The molecule has 5 heavy (non-hydrogen) atoms. The Balaban J connectivity index is 2.54. The smallest absolute Gasteiger partial charge is 0.0905 e. The first-order valence-electron chi connectivity index (χ1n) is 1.61. The van der Waals surface area contributed by atoms with E-state index in [2.05, 4.69) is 4.74 Å². The van der Waals surface area contributed by atoms with Crippen molar-refractivity contribution in [2.75, 3.05) is 7.11 Å². The maximum atomic E-state index is 4.67. The third kappa shape index (κ3) is 3.96. The normalized spacial score (nSPS) is 9.60. The number of methoxy groups -OCH3 is 1. The molecule has 0 aromatic rings. The predicted molar refractivity (Wildman–Crippen MR) is 21.6 cm³/mol. The summed E-state index contributed by atoms with van der Waals surface area (Å²) in [6.07, 6.45) is 1.00. The summed E-state index contributed by atoms with van der Waals surface area (Å²) in [5.41, 5.74) is 0. The molecule has 0 aliphatic carbocycles. The van der Waals surface area contributed by atoms with Gasteiger partial charge in [-0.3, -0.25) is 0 Å². The maximum absolute atomic E-state index is 4.67. The first-order valence-corrected chi connectivity index (χ1v) is 1.61. The number of rotatable bonds is 1. The average molecular weight is 73.1 g/mol. The van der Waals surface area contributed by atoms with Gasteiger partial charge in [-0.05, 0) is 13.8 Å². The molecule has 31 valence electrons. The molecule has 0 spiro atoms. The zero-order valence-corrected chi connectivity index (χ0v) is 3.91. The second kappa shape index (κ2) is 2.21. The van der Waals surface area contributed by atoms with Crippen LogP contribution in [0.5, 0.6) is 0 Å². The van der Waals surface area contributed by atoms with Crippen LogP contribution in [-0.4, -0.2) is 7.11 Å². The van der Waals surface area contributed by atoms with Gasteiger partial charge in [0.15, 0.2) is 0 Å². The molecule has 0 aromatic carbocycles. The molecule has 0 aliphatic heterocycles. The SMILES string of the molecule is CO[C](C)C. The van der Waals surface area contributed by atoms with E-state index in [1.165, 1.54) is 0 Å². The van der Waals surface area contributed by atoms with E-state index >= 15 is 0 Å². The number of hydrogen-bond acceptors (Lipinski definition) is 1. The van der Waals surface area contributed by atoms with Crippen molar-refractivity contribution in [3.05, 3.63) is 6.10 Å². The van der Waals surface area contributed by atoms with Gasteiger partial charge >= 0.3 is 0 Å². The lowest BCUT2D eigenvalue weighted by Crippen LogP contribution is -1.82. The molecule has 1 heteroatoms. The molecule has 0 amide bonds. The standard InChI is InChI=1S/C4H9O/c1-4(2)5-3/h1-3H3. The Kier molecular flexibility index (Phi) is 2.19. The van der Waals surface area contributed by atoms with E-state index in [0.29, 0.717) is 0 Å². The lowest BCUT2D eigenvalue weighted by molar-refractivity contribution is 0.224. The summed E-state index contributed by atoms with van der Waals surface area (Å²) in [6, 6.07) is 0. The van der Waals surface area contributed by atoms with E-state index < -0.39 is 0 Å². The van der Waals surface area contributed by atoms with Crippen molar-refractivity contribution in [3.8, 4) is 0 Å². The van der Waals surface area contributed by atoms with Crippen molar-refractivity contribution >= 4 is 0 Å². The summed E-state index contributed by atoms with van der Waals surface area (Å²) in [7, 11) is 1.66. The van der Waals surface area contributed by atoms with Crippen LogP contribution in [-0.2, 0) is 4.74 Å². The zero-order chi connectivity index (χ0) is 4.28. The Morgan fingerprint density at radius 1 is 1.40 bits per heavy atom. The van der Waals surface area contributed by atoms with Crippen molar-refractivity contribution in [2.45, 2.75) is 13.8 Å². The minimum atomic E-state index is 1.00. The largest absolute Gasteiger partial charge is 0.376 e. The highest BCUT2D eigenvalue weighted by atomic mass is 16.5. The van der Waals surface area contributed by atoms with E-state index in [1.807, 2.05) is 13.8 Å². The van der Waals surface area contributed by atoms with Crippen molar-refractivity contribution < 1.29 is 4.74 Å². The molecule has 0 unspecified atom stereocenters. The average Bonchev–Trinajstić information content (AvgIpc) is 1.38. The van der Waals surface area contributed by atoms with Crippen molar-refractivity contribution in [1.82, 2.24) is 0 Å². The van der Waals surface area contributed by atoms with Gasteiger partial charge in [-0.1, -0.05) is 0 Å². The molecule has 0 heterocycles. The summed E-state index contributed by atoms with van der Waals surface area (Å²) < 4.78 is 4.67. The second-order valence-corrected chi connectivity index (χ2v) is 1.11. The lowest BCUT2D eigenvalue weighted by atomic mass is 10.5. The van der Waals surface area contributed by atoms with Crippen LogP contribution in [0.15, 0.2) is 0 Å². The predicted octanol–water partition coefficient (Wildman–Crippen LogP) is 1.20. The first-order chi connectivity index (χ1) is 2.27. The van der Waals surface area contributed by atoms with Gasteiger partial charge in [-0.15, -0.1) is 0 Å². The lowest BCUT2D eigenvalue weighted by Gasteiger charge is -1.93.